The fourth-order valence-electron chi connectivity index (χ4n) is 3.49. The molecular weight excluding hydrogens is 413 g/mol. The molecule has 1 N–H and O–H groups in total. The number of halogens is 2. The Morgan fingerprint density at radius 1 is 1.07 bits per heavy atom. The van der Waals surface area contributed by atoms with Crippen molar-refractivity contribution >= 4 is 27.3 Å². The van der Waals surface area contributed by atoms with Crippen molar-refractivity contribution in [2.45, 2.75) is 24.7 Å². The van der Waals surface area contributed by atoms with Crippen molar-refractivity contribution in [2.24, 2.45) is 0 Å². The minimum atomic E-state index is -3.72. The second kappa shape index (κ2) is 9.89. The number of nitrogens with zero attached hydrogens (tertiary/aromatic N) is 2. The normalized spacial score (nSPS) is 15.6. The maximum absolute atomic E-state index is 13.1. The molecule has 1 aliphatic heterocycles. The molecule has 1 saturated heterocycles. The summed E-state index contributed by atoms with van der Waals surface area (Å²) >= 11 is 5.85. The van der Waals surface area contributed by atoms with E-state index in [1.807, 2.05) is 0 Å². The highest BCUT2D eigenvalue weighted by atomic mass is 35.5. The molecule has 2 aromatic carbocycles. The Kier molecular flexibility index (Phi) is 7.51. The van der Waals surface area contributed by atoms with Gasteiger partial charge in [-0.1, -0.05) is 23.7 Å². The lowest BCUT2D eigenvalue weighted by Crippen LogP contribution is -2.46. The van der Waals surface area contributed by atoms with E-state index in [-0.39, 0.29) is 9.92 Å². The number of sulfonamides is 1. The van der Waals surface area contributed by atoms with Crippen molar-refractivity contribution in [1.29, 1.82) is 0 Å². The second-order valence-electron chi connectivity index (χ2n) is 7.35. The zero-order chi connectivity index (χ0) is 20.9. The van der Waals surface area contributed by atoms with Crippen LogP contribution in [0, 0.1) is 12.7 Å². The third-order valence-electron chi connectivity index (χ3n) is 5.12. The topological polar surface area (TPSA) is 52.6 Å². The molecule has 0 spiro atoms. The molecule has 8 heteroatoms. The van der Waals surface area contributed by atoms with Gasteiger partial charge in [-0.15, -0.1) is 0 Å². The van der Waals surface area contributed by atoms with Gasteiger partial charge in [-0.25, -0.2) is 17.5 Å². The molecule has 1 heterocycles. The van der Waals surface area contributed by atoms with Gasteiger partial charge in [0.1, 0.15) is 10.7 Å². The maximum atomic E-state index is 13.1. The van der Waals surface area contributed by atoms with E-state index in [4.69, 9.17) is 11.6 Å². The molecule has 0 radical (unpaired) electrons. The Morgan fingerprint density at radius 2 is 1.83 bits per heavy atom. The lowest BCUT2D eigenvalue weighted by Gasteiger charge is -2.36. The van der Waals surface area contributed by atoms with Crippen molar-refractivity contribution in [3.63, 3.8) is 0 Å². The van der Waals surface area contributed by atoms with Gasteiger partial charge in [0, 0.05) is 38.4 Å². The number of piperazine rings is 1. The fourth-order valence-corrected chi connectivity index (χ4v) is 5.10. The summed E-state index contributed by atoms with van der Waals surface area (Å²) in [5, 5.41) is -0.107. The summed E-state index contributed by atoms with van der Waals surface area (Å²) in [6, 6.07) is 11.9. The van der Waals surface area contributed by atoms with Crippen LogP contribution in [0.5, 0.6) is 0 Å². The van der Waals surface area contributed by atoms with E-state index in [9.17, 15) is 12.8 Å². The number of rotatable bonds is 8. The van der Waals surface area contributed by atoms with Gasteiger partial charge in [0.05, 0.1) is 5.02 Å². The van der Waals surface area contributed by atoms with Gasteiger partial charge >= 0.3 is 0 Å². The zero-order valence-electron chi connectivity index (χ0n) is 16.6. The molecule has 2 aromatic rings. The number of anilines is 1. The van der Waals surface area contributed by atoms with Crippen molar-refractivity contribution < 1.29 is 12.8 Å². The van der Waals surface area contributed by atoms with Crippen molar-refractivity contribution in [2.75, 3.05) is 44.2 Å². The van der Waals surface area contributed by atoms with E-state index in [2.05, 4.69) is 45.7 Å². The van der Waals surface area contributed by atoms with Crippen LogP contribution in [-0.2, 0) is 10.0 Å². The summed E-state index contributed by atoms with van der Waals surface area (Å²) in [7, 11) is -3.72. The monoisotopic (exact) mass is 439 g/mol. The largest absolute Gasteiger partial charge is 0.369 e. The highest BCUT2D eigenvalue weighted by Crippen LogP contribution is 2.22. The summed E-state index contributed by atoms with van der Waals surface area (Å²) in [6.07, 6.45) is 1.64. The Balaban J connectivity index is 1.37. The maximum Gasteiger partial charge on any atom is 0.242 e. The Labute approximate surface area is 177 Å². The first-order valence-corrected chi connectivity index (χ1v) is 11.7. The lowest BCUT2D eigenvalue weighted by atomic mass is 10.2. The van der Waals surface area contributed by atoms with Crippen LogP contribution in [0.25, 0.3) is 0 Å². The van der Waals surface area contributed by atoms with Gasteiger partial charge in [0.25, 0.3) is 0 Å². The van der Waals surface area contributed by atoms with Crippen LogP contribution in [0.1, 0.15) is 18.4 Å². The first kappa shape index (κ1) is 22.0. The molecular formula is C21H27ClFN3O2S. The van der Waals surface area contributed by atoms with Crippen LogP contribution in [0.15, 0.2) is 47.4 Å². The average molecular weight is 440 g/mol. The summed E-state index contributed by atoms with van der Waals surface area (Å²) in [5.74, 6) is -0.559. The Hall–Kier alpha value is -1.67. The van der Waals surface area contributed by atoms with Crippen LogP contribution in [-0.4, -0.2) is 52.6 Å². The third kappa shape index (κ3) is 6.15. The molecule has 0 aromatic heterocycles. The molecule has 158 valence electrons. The van der Waals surface area contributed by atoms with Crippen LogP contribution >= 0.6 is 11.6 Å². The molecule has 0 unspecified atom stereocenters. The number of nitrogens with one attached hydrogen (secondary N) is 1. The van der Waals surface area contributed by atoms with E-state index in [0.29, 0.717) is 6.54 Å². The molecule has 0 aliphatic carbocycles. The number of benzene rings is 2. The van der Waals surface area contributed by atoms with Crippen molar-refractivity contribution in [3.8, 4) is 0 Å². The predicted octanol–water partition coefficient (Wildman–Crippen LogP) is 3.67. The van der Waals surface area contributed by atoms with Gasteiger partial charge in [-0.3, -0.25) is 4.90 Å². The fraction of sp³-hybridized carbons (Fsp3) is 0.429. The molecule has 29 heavy (non-hydrogen) atoms. The molecule has 0 saturated carbocycles. The molecule has 5 nitrogen and oxygen atoms in total. The van der Waals surface area contributed by atoms with Crippen LogP contribution in [0.3, 0.4) is 0 Å². The first-order valence-electron chi connectivity index (χ1n) is 9.84. The van der Waals surface area contributed by atoms with E-state index in [1.54, 1.807) is 0 Å². The number of aryl methyl sites for hydroxylation is 1. The third-order valence-corrected chi connectivity index (χ3v) is 7.06. The quantitative estimate of drug-likeness (QED) is 0.637. The standard InChI is InChI=1S/C21H27ClFN3O2S/c1-17-5-4-6-19(15-17)26-13-11-25(12-14-26)10-3-2-9-24-29(27,28)21-8-7-18(23)16-20(21)22/h4-8,15-16,24H,2-3,9-14H2,1H3. The second-order valence-corrected chi connectivity index (χ2v) is 9.49. The van der Waals surface area contributed by atoms with Gasteiger partial charge in [-0.2, -0.15) is 0 Å². The molecule has 1 fully saturated rings. The van der Waals surface area contributed by atoms with E-state index >= 15 is 0 Å². The molecule has 0 atom stereocenters. The van der Waals surface area contributed by atoms with Gasteiger partial charge in [0.2, 0.25) is 10.0 Å². The van der Waals surface area contributed by atoms with Crippen LogP contribution in [0.4, 0.5) is 10.1 Å². The lowest BCUT2D eigenvalue weighted by molar-refractivity contribution is 0.253. The summed E-state index contributed by atoms with van der Waals surface area (Å²) in [4.78, 5) is 4.73. The molecule has 0 amide bonds. The van der Waals surface area contributed by atoms with Crippen LogP contribution in [0.2, 0.25) is 5.02 Å². The summed E-state index contributed by atoms with van der Waals surface area (Å²) in [5.41, 5.74) is 2.55. The number of hydrogen-bond donors (Lipinski definition) is 1. The van der Waals surface area contributed by atoms with Gasteiger partial charge < -0.3 is 4.90 Å². The van der Waals surface area contributed by atoms with Crippen LogP contribution < -0.4 is 9.62 Å². The molecule has 3 rings (SSSR count). The predicted molar refractivity (Wildman–Crippen MR) is 116 cm³/mol. The highest BCUT2D eigenvalue weighted by Gasteiger charge is 2.19. The zero-order valence-corrected chi connectivity index (χ0v) is 18.1. The van der Waals surface area contributed by atoms with Gasteiger partial charge in [-0.05, 0) is 62.2 Å². The highest BCUT2D eigenvalue weighted by molar-refractivity contribution is 7.89. The van der Waals surface area contributed by atoms with E-state index < -0.39 is 15.8 Å². The average Bonchev–Trinajstić information content (AvgIpc) is 2.68. The van der Waals surface area contributed by atoms with Crippen molar-refractivity contribution in [3.05, 3.63) is 58.9 Å². The first-order chi connectivity index (χ1) is 13.8. The Morgan fingerprint density at radius 3 is 2.52 bits per heavy atom. The van der Waals surface area contributed by atoms with Crippen molar-refractivity contribution in [1.82, 2.24) is 9.62 Å². The minimum Gasteiger partial charge on any atom is -0.369 e. The summed E-state index contributed by atoms with van der Waals surface area (Å²) < 4.78 is 40.2. The van der Waals surface area contributed by atoms with Gasteiger partial charge in [0.15, 0.2) is 0 Å². The number of unbranched alkanes of at least 4 members (excludes halogenated alkanes) is 1. The smallest absolute Gasteiger partial charge is 0.242 e. The van der Waals surface area contributed by atoms with E-state index in [1.165, 1.54) is 17.3 Å². The SMILES string of the molecule is Cc1cccc(N2CCN(CCCCNS(=O)(=O)c3ccc(F)cc3Cl)CC2)c1. The molecule has 0 bridgehead atoms. The number of hydrogen-bond acceptors (Lipinski definition) is 4. The van der Waals surface area contributed by atoms with E-state index in [0.717, 1.165) is 57.7 Å². The molecule has 1 aliphatic rings. The summed E-state index contributed by atoms with van der Waals surface area (Å²) in [6.45, 7) is 7.39. The minimum absolute atomic E-state index is 0.0900. The Bertz CT molecular complexity index is 931.